The zero-order valence-corrected chi connectivity index (χ0v) is 19.9. The number of halogens is 1. The van der Waals surface area contributed by atoms with Gasteiger partial charge in [0, 0.05) is 16.0 Å². The Morgan fingerprint density at radius 1 is 1.16 bits per heavy atom. The van der Waals surface area contributed by atoms with Crippen molar-refractivity contribution in [3.05, 3.63) is 79.6 Å². The smallest absolute Gasteiger partial charge is 0.186 e. The van der Waals surface area contributed by atoms with Crippen LogP contribution in [0.4, 0.5) is 0 Å². The number of ketones is 1. The maximum absolute atomic E-state index is 12.9. The van der Waals surface area contributed by atoms with Crippen LogP contribution < -0.4 is 9.47 Å². The SMILES string of the molecule is CCOc1cc(/C=C2\SC(=N)[C@H](c3nccs3)C2=O)ccc1OCc1ccc(Br)cc1. The highest BCUT2D eigenvalue weighted by atomic mass is 79.9. The van der Waals surface area contributed by atoms with Crippen molar-refractivity contribution in [2.75, 3.05) is 6.61 Å². The summed E-state index contributed by atoms with van der Waals surface area (Å²) in [6, 6.07) is 13.6. The van der Waals surface area contributed by atoms with Crippen molar-refractivity contribution < 1.29 is 14.3 Å². The van der Waals surface area contributed by atoms with Gasteiger partial charge in [0.05, 0.1) is 16.6 Å². The summed E-state index contributed by atoms with van der Waals surface area (Å²) in [4.78, 5) is 17.6. The fourth-order valence-corrected chi connectivity index (χ4v) is 5.16. The van der Waals surface area contributed by atoms with Crippen molar-refractivity contribution in [2.45, 2.75) is 19.4 Å². The Balaban J connectivity index is 1.54. The lowest BCUT2D eigenvalue weighted by Crippen LogP contribution is -2.11. The molecule has 0 amide bonds. The summed E-state index contributed by atoms with van der Waals surface area (Å²) in [6.45, 7) is 2.84. The fraction of sp³-hybridized carbons (Fsp3) is 0.174. The number of nitrogens with one attached hydrogen (secondary N) is 1. The topological polar surface area (TPSA) is 72.3 Å². The Morgan fingerprint density at radius 3 is 2.68 bits per heavy atom. The molecule has 0 bridgehead atoms. The lowest BCUT2D eigenvalue weighted by molar-refractivity contribution is -0.114. The van der Waals surface area contributed by atoms with Gasteiger partial charge in [0.15, 0.2) is 17.3 Å². The highest BCUT2D eigenvalue weighted by Gasteiger charge is 2.38. The van der Waals surface area contributed by atoms with Crippen LogP contribution in [0.5, 0.6) is 11.5 Å². The molecule has 5 nitrogen and oxygen atoms in total. The van der Waals surface area contributed by atoms with E-state index < -0.39 is 5.92 Å². The van der Waals surface area contributed by atoms with Gasteiger partial charge in [-0.2, -0.15) is 0 Å². The Morgan fingerprint density at radius 2 is 1.97 bits per heavy atom. The van der Waals surface area contributed by atoms with Crippen molar-refractivity contribution in [2.24, 2.45) is 0 Å². The molecule has 1 fully saturated rings. The van der Waals surface area contributed by atoms with Crippen LogP contribution in [0, 0.1) is 5.41 Å². The molecule has 0 aliphatic carbocycles. The molecule has 0 unspecified atom stereocenters. The number of carbonyl (C=O) groups is 1. The van der Waals surface area contributed by atoms with Gasteiger partial charge in [0.2, 0.25) is 0 Å². The molecule has 1 saturated heterocycles. The molecule has 2 heterocycles. The Kier molecular flexibility index (Phi) is 6.89. The third-order valence-electron chi connectivity index (χ3n) is 4.56. The summed E-state index contributed by atoms with van der Waals surface area (Å²) in [6.07, 6.45) is 3.46. The molecule has 1 aromatic heterocycles. The molecule has 2 aromatic carbocycles. The van der Waals surface area contributed by atoms with E-state index in [4.69, 9.17) is 14.9 Å². The Hall–Kier alpha value is -2.42. The zero-order valence-electron chi connectivity index (χ0n) is 16.6. The predicted octanol–water partition coefficient (Wildman–Crippen LogP) is 6.30. The average Bonchev–Trinajstić information content (AvgIpc) is 3.37. The number of hydrogen-bond acceptors (Lipinski definition) is 7. The van der Waals surface area contributed by atoms with E-state index in [1.54, 1.807) is 12.3 Å². The van der Waals surface area contributed by atoms with E-state index in [2.05, 4.69) is 20.9 Å². The molecule has 8 heteroatoms. The molecule has 3 aromatic rings. The normalized spacial score (nSPS) is 17.4. The number of Topliss-reactive ketones (excluding diaryl/α,β-unsaturated/α-hetero) is 1. The van der Waals surface area contributed by atoms with E-state index in [1.165, 1.54) is 23.1 Å². The lowest BCUT2D eigenvalue weighted by atomic mass is 10.0. The summed E-state index contributed by atoms with van der Waals surface area (Å²) in [5.74, 6) is 0.594. The fourth-order valence-electron chi connectivity index (χ4n) is 3.09. The maximum Gasteiger partial charge on any atom is 0.186 e. The molecule has 0 spiro atoms. The minimum atomic E-state index is -0.587. The minimum Gasteiger partial charge on any atom is -0.490 e. The van der Waals surface area contributed by atoms with Gasteiger partial charge in [-0.25, -0.2) is 4.98 Å². The van der Waals surface area contributed by atoms with E-state index in [9.17, 15) is 4.79 Å². The van der Waals surface area contributed by atoms with Crippen molar-refractivity contribution in [1.82, 2.24) is 4.98 Å². The number of thiazole rings is 1. The quantitative estimate of drug-likeness (QED) is 0.374. The first kappa shape index (κ1) is 21.8. The molecule has 1 atom stereocenters. The van der Waals surface area contributed by atoms with Crippen LogP contribution in [0.1, 0.15) is 29.0 Å². The van der Waals surface area contributed by atoms with Crippen molar-refractivity contribution in [3.8, 4) is 11.5 Å². The molecule has 1 N–H and O–H groups in total. The van der Waals surface area contributed by atoms with Gasteiger partial charge in [-0.15, -0.1) is 11.3 Å². The van der Waals surface area contributed by atoms with E-state index in [-0.39, 0.29) is 5.78 Å². The van der Waals surface area contributed by atoms with Gasteiger partial charge < -0.3 is 9.47 Å². The number of hydrogen-bond donors (Lipinski definition) is 1. The van der Waals surface area contributed by atoms with Gasteiger partial charge in [0.1, 0.15) is 17.5 Å². The average molecular weight is 515 g/mol. The van der Waals surface area contributed by atoms with Gasteiger partial charge in [0.25, 0.3) is 0 Å². The zero-order chi connectivity index (χ0) is 21.8. The number of carbonyl (C=O) groups excluding carboxylic acids is 1. The summed E-state index contributed by atoms with van der Waals surface area (Å²) in [5, 5.41) is 11.0. The van der Waals surface area contributed by atoms with Crippen LogP contribution in [0.2, 0.25) is 0 Å². The first-order valence-corrected chi connectivity index (χ1v) is 12.1. The Labute approximate surface area is 197 Å². The van der Waals surface area contributed by atoms with E-state index in [0.717, 1.165) is 15.6 Å². The van der Waals surface area contributed by atoms with Gasteiger partial charge in [-0.3, -0.25) is 10.2 Å². The highest BCUT2D eigenvalue weighted by Crippen LogP contribution is 2.41. The molecule has 1 aliphatic heterocycles. The van der Waals surface area contributed by atoms with Crippen molar-refractivity contribution >= 4 is 55.9 Å². The van der Waals surface area contributed by atoms with Crippen molar-refractivity contribution in [1.29, 1.82) is 5.41 Å². The van der Waals surface area contributed by atoms with E-state index >= 15 is 0 Å². The molecular formula is C23H19BrN2O3S2. The third-order valence-corrected chi connectivity index (χ3v) is 6.92. The second kappa shape index (κ2) is 9.80. The van der Waals surface area contributed by atoms with Crippen LogP contribution in [-0.4, -0.2) is 22.4 Å². The Bertz CT molecular complexity index is 1130. The van der Waals surface area contributed by atoms with E-state index in [1.807, 2.05) is 54.8 Å². The molecule has 0 radical (unpaired) electrons. The van der Waals surface area contributed by atoms with Gasteiger partial charge >= 0.3 is 0 Å². The molecule has 4 rings (SSSR count). The maximum atomic E-state index is 12.9. The standard InChI is InChI=1S/C23H19BrN2O3S2/c1-2-28-18-11-15(5-8-17(18)29-13-14-3-6-16(24)7-4-14)12-19-21(27)20(22(25)31-19)23-26-9-10-30-23/h3-12,20,25H,2,13H2,1H3/b19-12-,25-22?/t20-/m1/s1. The molecular weight excluding hydrogens is 496 g/mol. The van der Waals surface area contributed by atoms with Crippen LogP contribution in [0.15, 0.2) is 63.4 Å². The monoisotopic (exact) mass is 514 g/mol. The highest BCUT2D eigenvalue weighted by molar-refractivity contribution is 9.10. The molecule has 158 valence electrons. The number of aromatic nitrogens is 1. The van der Waals surface area contributed by atoms with Gasteiger partial charge in [-0.05, 0) is 48.4 Å². The van der Waals surface area contributed by atoms with Crippen LogP contribution in [0.25, 0.3) is 6.08 Å². The number of thioether (sulfide) groups is 1. The number of allylic oxidation sites excluding steroid dienone is 1. The van der Waals surface area contributed by atoms with Crippen molar-refractivity contribution in [3.63, 3.8) is 0 Å². The van der Waals surface area contributed by atoms with E-state index in [0.29, 0.717) is 39.7 Å². The third kappa shape index (κ3) is 5.08. The number of nitrogens with zero attached hydrogens (tertiary/aromatic N) is 1. The minimum absolute atomic E-state index is 0.0847. The number of benzene rings is 2. The molecule has 0 saturated carbocycles. The van der Waals surface area contributed by atoms with Crippen LogP contribution >= 0.6 is 39.0 Å². The summed E-state index contributed by atoms with van der Waals surface area (Å²) in [7, 11) is 0. The molecule has 1 aliphatic rings. The summed E-state index contributed by atoms with van der Waals surface area (Å²) in [5.41, 5.74) is 1.87. The van der Waals surface area contributed by atoms with Crippen LogP contribution in [-0.2, 0) is 11.4 Å². The second-order valence-corrected chi connectivity index (χ2v) is 9.62. The molecule has 31 heavy (non-hydrogen) atoms. The predicted molar refractivity (Wildman–Crippen MR) is 129 cm³/mol. The first-order valence-electron chi connectivity index (χ1n) is 9.61. The van der Waals surface area contributed by atoms with Crippen LogP contribution in [0.3, 0.4) is 0 Å². The summed E-state index contributed by atoms with van der Waals surface area (Å²) >= 11 is 6.02. The first-order chi connectivity index (χ1) is 15.0. The number of ether oxygens (including phenoxy) is 2. The summed E-state index contributed by atoms with van der Waals surface area (Å²) < 4.78 is 12.8. The number of rotatable bonds is 7. The lowest BCUT2D eigenvalue weighted by Gasteiger charge is -2.13. The van der Waals surface area contributed by atoms with Gasteiger partial charge in [-0.1, -0.05) is 45.9 Å². The largest absolute Gasteiger partial charge is 0.490 e. The second-order valence-electron chi connectivity index (χ2n) is 6.70.